The monoisotopic (exact) mass is 361 g/mol. The molecule has 2 heterocycles. The number of hydrogen-bond acceptors (Lipinski definition) is 4. The Labute approximate surface area is 151 Å². The van der Waals surface area contributed by atoms with Gasteiger partial charge in [0.05, 0.1) is 11.4 Å². The number of hydrogen-bond donors (Lipinski definition) is 0. The van der Waals surface area contributed by atoms with Crippen LogP contribution in [0.15, 0.2) is 47.5 Å². The van der Waals surface area contributed by atoms with Gasteiger partial charge in [-0.25, -0.2) is 4.98 Å². The number of aromatic nitrogens is 1. The summed E-state index contributed by atoms with van der Waals surface area (Å²) in [5.41, 5.74) is 1.07. The maximum Gasteiger partial charge on any atom is 0.227 e. The van der Waals surface area contributed by atoms with E-state index in [1.165, 1.54) is 4.90 Å². The molecule has 1 aliphatic heterocycles. The maximum absolute atomic E-state index is 12.5. The third kappa shape index (κ3) is 4.22. The first-order valence-corrected chi connectivity index (χ1v) is 9.53. The van der Waals surface area contributed by atoms with Gasteiger partial charge in [0.15, 0.2) is 0 Å². The Morgan fingerprint density at radius 3 is 2.42 bits per heavy atom. The molecule has 6 heteroatoms. The summed E-state index contributed by atoms with van der Waals surface area (Å²) < 4.78 is 0. The van der Waals surface area contributed by atoms with Crippen LogP contribution < -0.4 is 4.90 Å². The van der Waals surface area contributed by atoms with Crippen LogP contribution in [0.3, 0.4) is 0 Å². The van der Waals surface area contributed by atoms with Gasteiger partial charge in [0.1, 0.15) is 5.82 Å². The highest BCUT2D eigenvalue weighted by atomic mass is 35.5. The van der Waals surface area contributed by atoms with E-state index in [0.717, 1.165) is 37.6 Å². The minimum absolute atomic E-state index is 0.190. The van der Waals surface area contributed by atoms with E-state index in [1.54, 1.807) is 18.0 Å². The second kappa shape index (κ2) is 7.90. The molecule has 0 radical (unpaired) electrons. The molecule has 1 aliphatic rings. The Morgan fingerprint density at radius 1 is 1.12 bits per heavy atom. The van der Waals surface area contributed by atoms with Crippen LogP contribution in [0.25, 0.3) is 0 Å². The molecule has 1 aromatic heterocycles. The third-order valence-corrected chi connectivity index (χ3v) is 5.15. The fraction of sp³-hybridized carbons (Fsp3) is 0.333. The molecule has 3 rings (SSSR count). The van der Waals surface area contributed by atoms with Crippen molar-refractivity contribution in [1.29, 1.82) is 0 Å². The number of nitrogens with zero attached hydrogens (tertiary/aromatic N) is 3. The van der Waals surface area contributed by atoms with Crippen LogP contribution in [0, 0.1) is 0 Å². The lowest BCUT2D eigenvalue weighted by Gasteiger charge is -2.35. The summed E-state index contributed by atoms with van der Waals surface area (Å²) in [6, 6.07) is 12.0. The van der Waals surface area contributed by atoms with Crippen LogP contribution in [0.1, 0.15) is 5.56 Å². The molecule has 0 aliphatic carbocycles. The van der Waals surface area contributed by atoms with Crippen LogP contribution in [0.5, 0.6) is 0 Å². The smallest absolute Gasteiger partial charge is 0.227 e. The van der Waals surface area contributed by atoms with Gasteiger partial charge in [-0.3, -0.25) is 4.79 Å². The lowest BCUT2D eigenvalue weighted by Crippen LogP contribution is -2.49. The van der Waals surface area contributed by atoms with E-state index >= 15 is 0 Å². The maximum atomic E-state index is 12.5. The first kappa shape index (κ1) is 17.1. The Balaban J connectivity index is 1.53. The van der Waals surface area contributed by atoms with Gasteiger partial charge in [0.2, 0.25) is 5.91 Å². The highest BCUT2D eigenvalue weighted by Gasteiger charge is 2.21. The molecule has 0 unspecified atom stereocenters. The summed E-state index contributed by atoms with van der Waals surface area (Å²) in [5.74, 6) is 1.11. The van der Waals surface area contributed by atoms with Gasteiger partial charge in [-0.1, -0.05) is 23.7 Å². The molecule has 1 fully saturated rings. The first-order valence-electron chi connectivity index (χ1n) is 7.93. The number of thioether (sulfide) groups is 1. The van der Waals surface area contributed by atoms with Gasteiger partial charge in [0.25, 0.3) is 0 Å². The number of piperazine rings is 1. The summed E-state index contributed by atoms with van der Waals surface area (Å²) in [7, 11) is 0. The quantitative estimate of drug-likeness (QED) is 0.782. The number of halogens is 1. The molecule has 126 valence electrons. The van der Waals surface area contributed by atoms with Crippen molar-refractivity contribution in [3.8, 4) is 0 Å². The predicted octanol–water partition coefficient (Wildman–Crippen LogP) is 3.35. The van der Waals surface area contributed by atoms with E-state index in [0.29, 0.717) is 11.4 Å². The van der Waals surface area contributed by atoms with Gasteiger partial charge in [0, 0.05) is 37.3 Å². The fourth-order valence-electron chi connectivity index (χ4n) is 2.77. The van der Waals surface area contributed by atoms with Crippen molar-refractivity contribution < 1.29 is 4.79 Å². The molecule has 0 atom stereocenters. The second-order valence-corrected chi connectivity index (χ2v) is 7.04. The zero-order chi connectivity index (χ0) is 16.9. The molecule has 24 heavy (non-hydrogen) atoms. The average Bonchev–Trinajstić information content (AvgIpc) is 2.63. The number of carbonyl (C=O) groups excluding carboxylic acids is 1. The van der Waals surface area contributed by atoms with Crippen LogP contribution >= 0.6 is 23.4 Å². The van der Waals surface area contributed by atoms with Gasteiger partial charge >= 0.3 is 0 Å². The number of pyridine rings is 1. The topological polar surface area (TPSA) is 36.4 Å². The van der Waals surface area contributed by atoms with E-state index in [9.17, 15) is 4.79 Å². The highest BCUT2D eigenvalue weighted by Crippen LogP contribution is 2.18. The molecule has 1 saturated heterocycles. The van der Waals surface area contributed by atoms with E-state index < -0.39 is 0 Å². The van der Waals surface area contributed by atoms with Crippen LogP contribution in [-0.2, 0) is 11.2 Å². The van der Waals surface area contributed by atoms with Crippen molar-refractivity contribution in [2.75, 3.05) is 37.3 Å². The molecule has 1 amide bonds. The Hall–Kier alpha value is -1.72. The first-order chi connectivity index (χ1) is 11.7. The van der Waals surface area contributed by atoms with Gasteiger partial charge in [-0.2, -0.15) is 0 Å². The highest BCUT2D eigenvalue weighted by molar-refractivity contribution is 7.98. The van der Waals surface area contributed by atoms with Crippen molar-refractivity contribution in [2.45, 2.75) is 11.3 Å². The molecular formula is C18H20ClN3OS. The molecule has 0 spiro atoms. The molecule has 0 saturated carbocycles. The van der Waals surface area contributed by atoms with Gasteiger partial charge in [-0.05, 0) is 36.1 Å². The molecule has 0 N–H and O–H groups in total. The minimum atomic E-state index is 0.190. The Morgan fingerprint density at radius 2 is 1.83 bits per heavy atom. The van der Waals surface area contributed by atoms with Crippen molar-refractivity contribution in [3.05, 3.63) is 53.2 Å². The normalized spacial score (nSPS) is 14.8. The molecule has 2 aromatic rings. The van der Waals surface area contributed by atoms with Crippen molar-refractivity contribution in [1.82, 2.24) is 9.88 Å². The van der Waals surface area contributed by atoms with E-state index in [2.05, 4.69) is 28.3 Å². The van der Waals surface area contributed by atoms with E-state index in [4.69, 9.17) is 11.6 Å². The predicted molar refractivity (Wildman–Crippen MR) is 100.0 cm³/mol. The lowest BCUT2D eigenvalue weighted by atomic mass is 10.1. The lowest BCUT2D eigenvalue weighted by molar-refractivity contribution is -0.130. The molecular weight excluding hydrogens is 342 g/mol. The van der Waals surface area contributed by atoms with Gasteiger partial charge < -0.3 is 9.80 Å². The standard InChI is InChI=1S/C18H20ClN3OS/c1-24-16-5-2-14(3-6-16)12-18(23)22-10-8-21(9-11-22)17-7-4-15(19)13-20-17/h2-7,13H,8-12H2,1H3. The summed E-state index contributed by atoms with van der Waals surface area (Å²) >= 11 is 7.58. The third-order valence-electron chi connectivity index (χ3n) is 4.18. The zero-order valence-corrected chi connectivity index (χ0v) is 15.2. The number of amides is 1. The number of carbonyl (C=O) groups is 1. The molecule has 1 aromatic carbocycles. The van der Waals surface area contributed by atoms with Crippen LogP contribution in [0.2, 0.25) is 5.02 Å². The Kier molecular flexibility index (Phi) is 5.63. The second-order valence-electron chi connectivity index (χ2n) is 5.73. The fourth-order valence-corrected chi connectivity index (χ4v) is 3.29. The summed E-state index contributed by atoms with van der Waals surface area (Å²) in [6.45, 7) is 3.05. The minimum Gasteiger partial charge on any atom is -0.353 e. The summed E-state index contributed by atoms with van der Waals surface area (Å²) in [5, 5.41) is 0.639. The van der Waals surface area contributed by atoms with Crippen LogP contribution in [-0.4, -0.2) is 48.2 Å². The van der Waals surface area contributed by atoms with Crippen molar-refractivity contribution in [3.63, 3.8) is 0 Å². The molecule has 4 nitrogen and oxygen atoms in total. The van der Waals surface area contributed by atoms with Gasteiger partial charge in [-0.15, -0.1) is 11.8 Å². The SMILES string of the molecule is CSc1ccc(CC(=O)N2CCN(c3ccc(Cl)cn3)CC2)cc1. The summed E-state index contributed by atoms with van der Waals surface area (Å²) in [6.07, 6.45) is 4.18. The van der Waals surface area contributed by atoms with E-state index in [1.807, 2.05) is 29.2 Å². The molecule has 0 bridgehead atoms. The largest absolute Gasteiger partial charge is 0.353 e. The number of anilines is 1. The number of benzene rings is 1. The number of rotatable bonds is 4. The summed E-state index contributed by atoms with van der Waals surface area (Å²) in [4.78, 5) is 22.2. The van der Waals surface area contributed by atoms with Crippen molar-refractivity contribution >= 4 is 35.1 Å². The zero-order valence-electron chi connectivity index (χ0n) is 13.6. The van der Waals surface area contributed by atoms with Crippen molar-refractivity contribution in [2.24, 2.45) is 0 Å². The average molecular weight is 362 g/mol. The van der Waals surface area contributed by atoms with E-state index in [-0.39, 0.29) is 5.91 Å². The Bertz CT molecular complexity index is 682. The van der Waals surface area contributed by atoms with Crippen LogP contribution in [0.4, 0.5) is 5.82 Å².